The fraction of sp³-hybridized carbons (Fsp3) is 0.780. The Labute approximate surface area is 367 Å². The first-order valence-corrected chi connectivity index (χ1v) is 23.3. The summed E-state index contributed by atoms with van der Waals surface area (Å²) in [4.78, 5) is 13.6. The van der Waals surface area contributed by atoms with Crippen molar-refractivity contribution in [2.45, 2.75) is 149 Å². The highest BCUT2D eigenvalue weighted by molar-refractivity contribution is 5.76. The van der Waals surface area contributed by atoms with Crippen LogP contribution in [0.2, 0.25) is 0 Å². The van der Waals surface area contributed by atoms with Gasteiger partial charge in [-0.3, -0.25) is 4.79 Å². The molecule has 5 fully saturated rings. The van der Waals surface area contributed by atoms with Gasteiger partial charge in [-0.15, -0.1) is 0 Å². The molecule has 0 aromatic heterocycles. The Balaban J connectivity index is 1.34. The summed E-state index contributed by atoms with van der Waals surface area (Å²) in [5.74, 6) is 5.72. The van der Waals surface area contributed by atoms with Crippen LogP contribution in [0.15, 0.2) is 29.8 Å². The van der Waals surface area contributed by atoms with Gasteiger partial charge in [-0.05, 0) is 127 Å². The van der Waals surface area contributed by atoms with E-state index >= 15 is 0 Å². The van der Waals surface area contributed by atoms with Crippen LogP contribution in [0, 0.1) is 73.9 Å². The Morgan fingerprint density at radius 1 is 0.935 bits per heavy atom. The number of ether oxygens (including phenoxy) is 3. The van der Waals surface area contributed by atoms with Crippen LogP contribution in [0.5, 0.6) is 0 Å². The summed E-state index contributed by atoms with van der Waals surface area (Å²) in [7, 11) is 1.91. The van der Waals surface area contributed by atoms with E-state index in [0.29, 0.717) is 57.9 Å². The van der Waals surface area contributed by atoms with Crippen LogP contribution in [-0.4, -0.2) is 112 Å². The third-order valence-electron chi connectivity index (χ3n) is 18.7. The Morgan fingerprint density at radius 3 is 2.39 bits per heavy atom. The maximum atomic E-state index is 13.6. The summed E-state index contributed by atoms with van der Waals surface area (Å²) >= 11 is 0. The van der Waals surface area contributed by atoms with Crippen molar-refractivity contribution >= 4 is 5.97 Å². The smallest absolute Gasteiger partial charge is 0.310 e. The number of benzene rings is 1. The highest BCUT2D eigenvalue weighted by Crippen LogP contribution is 2.77. The number of hydrogen-bond donors (Lipinski definition) is 8. The van der Waals surface area contributed by atoms with Gasteiger partial charge in [0.1, 0.15) is 18.3 Å². The lowest BCUT2D eigenvalue weighted by molar-refractivity contribution is -0.334. The number of aliphatic carboxylic acids is 1. The maximum absolute atomic E-state index is 13.6. The van der Waals surface area contributed by atoms with Gasteiger partial charge in [0.15, 0.2) is 6.29 Å². The van der Waals surface area contributed by atoms with E-state index in [-0.39, 0.29) is 73.5 Å². The predicted octanol–water partition coefficient (Wildman–Crippen LogP) is 4.34. The van der Waals surface area contributed by atoms with Crippen molar-refractivity contribution in [1.29, 1.82) is 0 Å². The van der Waals surface area contributed by atoms with Crippen molar-refractivity contribution in [3.63, 3.8) is 0 Å². The number of aliphatic hydroxyl groups excluding tert-OH is 6. The van der Waals surface area contributed by atoms with E-state index in [2.05, 4.69) is 76.1 Å². The van der Waals surface area contributed by atoms with Gasteiger partial charge < -0.3 is 55.3 Å². The van der Waals surface area contributed by atoms with Crippen molar-refractivity contribution in [3.05, 3.63) is 46.5 Å². The van der Waals surface area contributed by atoms with E-state index in [1.807, 2.05) is 7.05 Å². The Hall–Kier alpha value is -2.41. The van der Waals surface area contributed by atoms with E-state index in [1.165, 1.54) is 5.57 Å². The Bertz CT molecular complexity index is 1950. The van der Waals surface area contributed by atoms with Crippen LogP contribution in [0.1, 0.15) is 109 Å². The lowest BCUT2D eigenvalue weighted by Crippen LogP contribution is -2.71. The molecule has 8 rings (SSSR count). The molecule has 0 radical (unpaired) electrons. The number of nitrogens with one attached hydrogen (secondary N) is 1. The monoisotopic (exact) mass is 864 g/mol. The number of fused-ring (bicyclic) bond motifs is 6. The molecule has 1 aromatic carbocycles. The quantitative estimate of drug-likeness (QED) is 0.0995. The first-order chi connectivity index (χ1) is 29.4. The van der Waals surface area contributed by atoms with Gasteiger partial charge in [-0.2, -0.15) is 0 Å². The molecule has 4 saturated carbocycles. The second-order valence-electron chi connectivity index (χ2n) is 22.0. The standard InChI is InChI=1S/C50H73NO11/c1-45(27-53)15-17-50(44(58)59)18-16-48(4)34(35(50)22-45)21-33-30(13-19-52)8-7-9-31-20-29(24-51-6)10-11-32(31)25-60-37-23-46(2)38(12-14-49(48,5)41(33)46)47(3,28-54)42(37)62-43-40(57)39(56)36(55)26-61-43/h10-11,20-21,30,33,35-43,51-57H,9,12-19,22-28H2,1-6H3,(H,58,59). The van der Waals surface area contributed by atoms with Gasteiger partial charge >= 0.3 is 5.97 Å². The lowest BCUT2D eigenvalue weighted by Gasteiger charge is -2.73. The molecular formula is C50H73NO11. The molecule has 0 spiro atoms. The molecule has 5 aliphatic carbocycles. The number of carboxylic acids is 1. The minimum atomic E-state index is -1.52. The molecule has 2 bridgehead atoms. The minimum absolute atomic E-state index is 0.00474. The van der Waals surface area contributed by atoms with E-state index in [1.54, 1.807) is 0 Å². The van der Waals surface area contributed by atoms with Gasteiger partial charge in [-0.1, -0.05) is 76.3 Å². The van der Waals surface area contributed by atoms with Crippen molar-refractivity contribution in [3.8, 4) is 11.8 Å². The van der Waals surface area contributed by atoms with Crippen LogP contribution in [0.25, 0.3) is 0 Å². The Morgan fingerprint density at radius 2 is 1.69 bits per heavy atom. The summed E-state index contributed by atoms with van der Waals surface area (Å²) in [6, 6.07) is 6.33. The maximum Gasteiger partial charge on any atom is 0.310 e. The molecule has 62 heavy (non-hydrogen) atoms. The number of carbonyl (C=O) groups is 1. The van der Waals surface area contributed by atoms with Crippen LogP contribution in [0.4, 0.5) is 0 Å². The number of aliphatic hydroxyl groups is 6. The van der Waals surface area contributed by atoms with Crippen molar-refractivity contribution < 1.29 is 54.8 Å². The van der Waals surface area contributed by atoms with E-state index in [9.17, 15) is 40.5 Å². The number of carboxylic acid groups (broad SMARTS) is 1. The van der Waals surface area contributed by atoms with Crippen molar-refractivity contribution in [2.24, 2.45) is 62.1 Å². The summed E-state index contributed by atoms with van der Waals surface area (Å²) in [6.45, 7) is 11.7. The topological polar surface area (TPSA) is 198 Å². The fourth-order valence-corrected chi connectivity index (χ4v) is 15.1. The molecule has 0 amide bonds. The summed E-state index contributed by atoms with van der Waals surface area (Å²) in [5.41, 5.74) is 0.788. The molecule has 8 N–H and O–H groups in total. The van der Waals surface area contributed by atoms with E-state index in [0.717, 1.165) is 29.5 Å². The second kappa shape index (κ2) is 16.8. The zero-order valence-corrected chi connectivity index (χ0v) is 37.7. The van der Waals surface area contributed by atoms with Gasteiger partial charge in [0.05, 0.1) is 37.4 Å². The largest absolute Gasteiger partial charge is 0.481 e. The molecule has 17 atom stereocenters. The first kappa shape index (κ1) is 46.1. The number of hydrogen-bond acceptors (Lipinski definition) is 11. The average Bonchev–Trinajstić information content (AvgIpc) is 3.24. The molecule has 2 heterocycles. The van der Waals surface area contributed by atoms with Crippen LogP contribution in [0.3, 0.4) is 0 Å². The third-order valence-corrected chi connectivity index (χ3v) is 18.7. The molecule has 12 nitrogen and oxygen atoms in total. The molecular weight excluding hydrogens is 791 g/mol. The lowest BCUT2D eigenvalue weighted by atomic mass is 9.31. The molecule has 344 valence electrons. The molecule has 1 aromatic rings. The van der Waals surface area contributed by atoms with E-state index in [4.69, 9.17) is 14.2 Å². The summed E-state index contributed by atoms with van der Waals surface area (Å²) in [5, 5.41) is 80.1. The Kier molecular flexibility index (Phi) is 12.5. The van der Waals surface area contributed by atoms with Gasteiger partial charge in [-0.25, -0.2) is 0 Å². The molecule has 1 saturated heterocycles. The average molecular weight is 864 g/mol. The zero-order chi connectivity index (χ0) is 44.6. The number of rotatable bonds is 9. The molecule has 17 unspecified atom stereocenters. The predicted molar refractivity (Wildman–Crippen MR) is 231 cm³/mol. The molecule has 12 heteroatoms. The van der Waals surface area contributed by atoms with Crippen molar-refractivity contribution in [2.75, 3.05) is 33.5 Å². The summed E-state index contributed by atoms with van der Waals surface area (Å²) in [6.07, 6.45) is 1.53. The van der Waals surface area contributed by atoms with E-state index < -0.39 is 64.4 Å². The highest BCUT2D eigenvalue weighted by Gasteiger charge is 2.73. The fourth-order valence-electron chi connectivity index (χ4n) is 15.1. The molecule has 2 aliphatic heterocycles. The van der Waals surface area contributed by atoms with Crippen LogP contribution in [-0.2, 0) is 38.6 Å². The van der Waals surface area contributed by atoms with Crippen molar-refractivity contribution in [1.82, 2.24) is 5.32 Å². The first-order valence-electron chi connectivity index (χ1n) is 23.3. The normalized spacial score (nSPS) is 47.4. The number of allylic oxidation sites excluding steroid dienone is 2. The van der Waals surface area contributed by atoms with Gasteiger partial charge in [0.25, 0.3) is 0 Å². The third kappa shape index (κ3) is 7.06. The van der Waals surface area contributed by atoms with Gasteiger partial charge in [0, 0.05) is 37.5 Å². The highest BCUT2D eigenvalue weighted by atomic mass is 16.7. The molecule has 7 aliphatic rings. The zero-order valence-electron chi connectivity index (χ0n) is 37.7. The second-order valence-corrected chi connectivity index (χ2v) is 22.0. The SMILES string of the molecule is CNCc1ccc2c(c1)CC#CC(CCO)C1C=C3C4CC(C)(CO)CCC4(C(=O)O)CCC3(C)C3(C)CCC4C(C)(CO)C(OC5OCC(O)C(O)C5O)C(CC4(C)C13)OC2. The minimum Gasteiger partial charge on any atom is -0.481 e. The van der Waals surface area contributed by atoms with Gasteiger partial charge in [0.2, 0.25) is 0 Å². The van der Waals surface area contributed by atoms with Crippen LogP contribution < -0.4 is 5.32 Å². The summed E-state index contributed by atoms with van der Waals surface area (Å²) < 4.78 is 19.8. The van der Waals surface area contributed by atoms with Crippen LogP contribution >= 0.6 is 0 Å².